The molecule has 0 aliphatic carbocycles. The highest BCUT2D eigenvalue weighted by atomic mass is 32.2. The maximum Gasteiger partial charge on any atom is 0.242 e. The van der Waals surface area contributed by atoms with Crippen LogP contribution in [-0.2, 0) is 21.2 Å². The first-order valence-corrected chi connectivity index (χ1v) is 10.8. The Hall–Kier alpha value is -2.69. The highest BCUT2D eigenvalue weighted by molar-refractivity contribution is 7.89. The van der Waals surface area contributed by atoms with Crippen molar-refractivity contribution in [3.63, 3.8) is 0 Å². The molecule has 0 spiro atoms. The molecule has 1 heterocycles. The van der Waals surface area contributed by atoms with E-state index in [0.29, 0.717) is 26.8 Å². The van der Waals surface area contributed by atoms with Crippen molar-refractivity contribution in [2.24, 2.45) is 0 Å². The van der Waals surface area contributed by atoms with Crippen LogP contribution in [0.2, 0.25) is 0 Å². The Labute approximate surface area is 173 Å². The number of ether oxygens (including phenoxy) is 2. The fourth-order valence-corrected chi connectivity index (χ4v) is 4.59. The van der Waals surface area contributed by atoms with Crippen LogP contribution in [0.3, 0.4) is 0 Å². The van der Waals surface area contributed by atoms with Crippen molar-refractivity contribution in [2.75, 3.05) is 33.6 Å². The van der Waals surface area contributed by atoms with Gasteiger partial charge in [0.25, 0.3) is 0 Å². The zero-order valence-electron chi connectivity index (χ0n) is 16.4. The van der Waals surface area contributed by atoms with Gasteiger partial charge in [-0.25, -0.2) is 17.7 Å². The van der Waals surface area contributed by atoms with Crippen molar-refractivity contribution in [3.05, 3.63) is 42.0 Å². The molecule has 10 heteroatoms. The van der Waals surface area contributed by atoms with Gasteiger partial charge in [0.05, 0.1) is 35.8 Å². The molecule has 3 aromatic rings. The summed E-state index contributed by atoms with van der Waals surface area (Å²) in [5.41, 5.74) is 1.38. The number of thiazole rings is 1. The summed E-state index contributed by atoms with van der Waals surface area (Å²) in [7, 11) is 2.51. The van der Waals surface area contributed by atoms with Gasteiger partial charge in [0.2, 0.25) is 15.9 Å². The summed E-state index contributed by atoms with van der Waals surface area (Å²) in [5.74, 6) is 0.899. The van der Waals surface area contributed by atoms with Crippen LogP contribution in [0.4, 0.5) is 5.13 Å². The van der Waals surface area contributed by atoms with Crippen LogP contribution in [0.25, 0.3) is 10.2 Å². The van der Waals surface area contributed by atoms with Crippen LogP contribution < -0.4 is 14.8 Å². The molecule has 0 fully saturated rings. The molecular formula is C19H21N3O5S2. The number of nitrogens with zero attached hydrogens (tertiary/aromatic N) is 2. The molecule has 0 aliphatic rings. The number of rotatable bonds is 7. The predicted octanol–water partition coefficient (Wildman–Crippen LogP) is 2.75. The average Bonchev–Trinajstić information content (AvgIpc) is 3.08. The third kappa shape index (κ3) is 4.50. The molecule has 3 rings (SSSR count). The van der Waals surface area contributed by atoms with Gasteiger partial charge in [-0.15, -0.1) is 0 Å². The standard InChI is InChI=1S/C19H21N3O5S2/c1-22(2)29(24,25)13-6-7-14-17(11-13)28-19(20-14)21-18(23)10-12-5-8-15(26-3)16(9-12)27-4/h5-9,11H,10H2,1-4H3,(H,20,21,23). The molecule has 29 heavy (non-hydrogen) atoms. The normalized spacial score (nSPS) is 11.6. The SMILES string of the molecule is COc1ccc(CC(=O)Nc2nc3ccc(S(=O)(=O)N(C)C)cc3s2)cc1OC. The minimum absolute atomic E-state index is 0.135. The van der Waals surface area contributed by atoms with Gasteiger partial charge in [-0.3, -0.25) is 4.79 Å². The van der Waals surface area contributed by atoms with E-state index in [1.165, 1.54) is 38.6 Å². The number of fused-ring (bicyclic) bond motifs is 1. The van der Waals surface area contributed by atoms with Crippen LogP contribution in [0.1, 0.15) is 5.56 Å². The highest BCUT2D eigenvalue weighted by Crippen LogP contribution is 2.30. The van der Waals surface area contributed by atoms with Crippen molar-refractivity contribution in [3.8, 4) is 11.5 Å². The lowest BCUT2D eigenvalue weighted by Crippen LogP contribution is -2.22. The molecule has 1 aromatic heterocycles. The summed E-state index contributed by atoms with van der Waals surface area (Å²) in [6.45, 7) is 0. The Kier molecular flexibility index (Phi) is 6.06. The molecule has 154 valence electrons. The molecule has 0 aliphatic heterocycles. The molecule has 0 unspecified atom stereocenters. The number of amides is 1. The first-order chi connectivity index (χ1) is 13.7. The van der Waals surface area contributed by atoms with E-state index in [1.54, 1.807) is 37.4 Å². The monoisotopic (exact) mass is 435 g/mol. The Balaban J connectivity index is 1.77. The minimum Gasteiger partial charge on any atom is -0.493 e. The molecule has 0 saturated heterocycles. The first-order valence-electron chi connectivity index (χ1n) is 8.58. The van der Waals surface area contributed by atoms with E-state index >= 15 is 0 Å². The topological polar surface area (TPSA) is 97.8 Å². The third-order valence-electron chi connectivity index (χ3n) is 4.20. The van der Waals surface area contributed by atoms with Crippen molar-refractivity contribution >= 4 is 42.6 Å². The van der Waals surface area contributed by atoms with Crippen LogP contribution in [0.5, 0.6) is 11.5 Å². The number of anilines is 1. The number of carbonyl (C=O) groups is 1. The van der Waals surface area contributed by atoms with E-state index in [9.17, 15) is 13.2 Å². The number of sulfonamides is 1. The van der Waals surface area contributed by atoms with E-state index in [1.807, 2.05) is 0 Å². The predicted molar refractivity (Wildman–Crippen MR) is 112 cm³/mol. The Morgan fingerprint density at radius 1 is 1.10 bits per heavy atom. The lowest BCUT2D eigenvalue weighted by Gasteiger charge is -2.10. The van der Waals surface area contributed by atoms with Crippen LogP contribution in [-0.4, -0.2) is 51.9 Å². The van der Waals surface area contributed by atoms with Gasteiger partial charge in [-0.2, -0.15) is 0 Å². The second kappa shape index (κ2) is 8.36. The number of carbonyl (C=O) groups excluding carboxylic acids is 1. The molecule has 0 saturated carbocycles. The highest BCUT2D eigenvalue weighted by Gasteiger charge is 2.19. The van der Waals surface area contributed by atoms with E-state index in [0.717, 1.165) is 9.87 Å². The van der Waals surface area contributed by atoms with E-state index < -0.39 is 10.0 Å². The second-order valence-corrected chi connectivity index (χ2v) is 9.53. The molecule has 0 atom stereocenters. The molecule has 1 N–H and O–H groups in total. The number of benzene rings is 2. The molecular weight excluding hydrogens is 414 g/mol. The van der Waals surface area contributed by atoms with E-state index in [2.05, 4.69) is 10.3 Å². The molecule has 2 aromatic carbocycles. The Morgan fingerprint density at radius 3 is 2.48 bits per heavy atom. The van der Waals surface area contributed by atoms with Crippen LogP contribution in [0, 0.1) is 0 Å². The Morgan fingerprint density at radius 2 is 1.83 bits per heavy atom. The van der Waals surface area contributed by atoms with Crippen molar-refractivity contribution in [1.29, 1.82) is 0 Å². The van der Waals surface area contributed by atoms with Gasteiger partial charge in [0, 0.05) is 14.1 Å². The lowest BCUT2D eigenvalue weighted by molar-refractivity contribution is -0.115. The van der Waals surface area contributed by atoms with Crippen molar-refractivity contribution in [2.45, 2.75) is 11.3 Å². The molecule has 1 amide bonds. The zero-order valence-corrected chi connectivity index (χ0v) is 18.1. The smallest absolute Gasteiger partial charge is 0.242 e. The summed E-state index contributed by atoms with van der Waals surface area (Å²) < 4.78 is 36.8. The number of nitrogens with one attached hydrogen (secondary N) is 1. The second-order valence-electron chi connectivity index (χ2n) is 6.35. The van der Waals surface area contributed by atoms with Crippen molar-refractivity contribution < 1.29 is 22.7 Å². The average molecular weight is 436 g/mol. The summed E-state index contributed by atoms with van der Waals surface area (Å²) in [5, 5.41) is 3.17. The molecule has 0 radical (unpaired) electrons. The van der Waals surface area contributed by atoms with Gasteiger partial charge in [-0.1, -0.05) is 17.4 Å². The number of hydrogen-bond acceptors (Lipinski definition) is 7. The maximum absolute atomic E-state index is 12.4. The number of aromatic nitrogens is 1. The summed E-state index contributed by atoms with van der Waals surface area (Å²) in [6.07, 6.45) is 0.135. The zero-order chi connectivity index (χ0) is 21.2. The van der Waals surface area contributed by atoms with Crippen molar-refractivity contribution in [1.82, 2.24) is 9.29 Å². The van der Waals surface area contributed by atoms with Gasteiger partial charge >= 0.3 is 0 Å². The van der Waals surface area contributed by atoms with Gasteiger partial charge in [0.15, 0.2) is 16.6 Å². The maximum atomic E-state index is 12.4. The lowest BCUT2D eigenvalue weighted by atomic mass is 10.1. The largest absolute Gasteiger partial charge is 0.493 e. The number of hydrogen-bond donors (Lipinski definition) is 1. The Bertz CT molecular complexity index is 1160. The van der Waals surface area contributed by atoms with Crippen LogP contribution in [0.15, 0.2) is 41.3 Å². The summed E-state index contributed by atoms with van der Waals surface area (Å²) in [4.78, 5) is 16.9. The van der Waals surface area contributed by atoms with E-state index in [4.69, 9.17) is 9.47 Å². The van der Waals surface area contributed by atoms with Gasteiger partial charge in [-0.05, 0) is 35.9 Å². The third-order valence-corrected chi connectivity index (χ3v) is 6.94. The van der Waals surface area contributed by atoms with Gasteiger partial charge in [0.1, 0.15) is 0 Å². The fourth-order valence-electron chi connectivity index (χ4n) is 2.67. The fraction of sp³-hybridized carbons (Fsp3) is 0.263. The van der Waals surface area contributed by atoms with Crippen LogP contribution >= 0.6 is 11.3 Å². The molecule has 8 nitrogen and oxygen atoms in total. The minimum atomic E-state index is -3.53. The van der Waals surface area contributed by atoms with Gasteiger partial charge < -0.3 is 14.8 Å². The summed E-state index contributed by atoms with van der Waals surface area (Å²) >= 11 is 1.22. The van der Waals surface area contributed by atoms with E-state index in [-0.39, 0.29) is 17.2 Å². The molecule has 0 bridgehead atoms. The number of methoxy groups -OCH3 is 2. The first kappa shape index (κ1) is 21.0. The quantitative estimate of drug-likeness (QED) is 0.613. The summed E-state index contributed by atoms with van der Waals surface area (Å²) in [6, 6.07) is 9.98.